The molecule has 1 heterocycles. The first-order chi connectivity index (χ1) is 10.9. The van der Waals surface area contributed by atoms with Crippen LogP contribution in [-0.4, -0.2) is 27.6 Å². The molecule has 5 nitrogen and oxygen atoms in total. The lowest BCUT2D eigenvalue weighted by molar-refractivity contribution is 0.0178. The number of hydrogen-bond donors (Lipinski definition) is 1. The SMILES string of the molecule is CC(C)(C)c1ccc(=O)n(C[C@@H](O)COCc2ccccc2)n1. The molecule has 0 aliphatic heterocycles. The van der Waals surface area contributed by atoms with Crippen molar-refractivity contribution in [1.82, 2.24) is 9.78 Å². The van der Waals surface area contributed by atoms with Crippen molar-refractivity contribution in [1.29, 1.82) is 0 Å². The number of aliphatic hydroxyl groups is 1. The molecule has 1 aromatic carbocycles. The zero-order valence-electron chi connectivity index (χ0n) is 13.9. The molecule has 1 atom stereocenters. The Kier molecular flexibility index (Phi) is 5.69. The number of aromatic nitrogens is 2. The van der Waals surface area contributed by atoms with E-state index in [4.69, 9.17) is 4.74 Å². The monoisotopic (exact) mass is 316 g/mol. The Morgan fingerprint density at radius 2 is 1.87 bits per heavy atom. The van der Waals surface area contributed by atoms with E-state index in [0.717, 1.165) is 11.3 Å². The lowest BCUT2D eigenvalue weighted by atomic mass is 9.92. The second kappa shape index (κ2) is 7.53. The highest BCUT2D eigenvalue weighted by Crippen LogP contribution is 2.18. The van der Waals surface area contributed by atoms with Crippen LogP contribution < -0.4 is 5.56 Å². The van der Waals surface area contributed by atoms with E-state index >= 15 is 0 Å². The van der Waals surface area contributed by atoms with Gasteiger partial charge in [0.25, 0.3) is 5.56 Å². The lowest BCUT2D eigenvalue weighted by Crippen LogP contribution is -2.32. The van der Waals surface area contributed by atoms with Crippen LogP contribution in [0.4, 0.5) is 0 Å². The van der Waals surface area contributed by atoms with E-state index in [9.17, 15) is 9.90 Å². The highest BCUT2D eigenvalue weighted by atomic mass is 16.5. The number of ether oxygens (including phenoxy) is 1. The molecular formula is C18H24N2O3. The van der Waals surface area contributed by atoms with Crippen LogP contribution in [0.2, 0.25) is 0 Å². The van der Waals surface area contributed by atoms with Crippen molar-refractivity contribution in [3.8, 4) is 0 Å². The summed E-state index contributed by atoms with van der Waals surface area (Å²) >= 11 is 0. The molecule has 0 saturated heterocycles. The molecule has 0 fully saturated rings. The average Bonchev–Trinajstić information content (AvgIpc) is 2.49. The van der Waals surface area contributed by atoms with Crippen molar-refractivity contribution < 1.29 is 9.84 Å². The third-order valence-corrected chi connectivity index (χ3v) is 3.44. The van der Waals surface area contributed by atoms with E-state index < -0.39 is 6.10 Å². The minimum atomic E-state index is -0.779. The smallest absolute Gasteiger partial charge is 0.266 e. The van der Waals surface area contributed by atoms with Crippen molar-refractivity contribution in [2.45, 2.75) is 45.4 Å². The summed E-state index contributed by atoms with van der Waals surface area (Å²) in [5.74, 6) is 0. The van der Waals surface area contributed by atoms with E-state index in [-0.39, 0.29) is 24.1 Å². The van der Waals surface area contributed by atoms with Crippen LogP contribution in [0.3, 0.4) is 0 Å². The molecule has 124 valence electrons. The molecule has 2 aromatic rings. The summed E-state index contributed by atoms with van der Waals surface area (Å²) in [5, 5.41) is 14.4. The van der Waals surface area contributed by atoms with Gasteiger partial charge in [0.1, 0.15) is 0 Å². The summed E-state index contributed by atoms with van der Waals surface area (Å²) in [4.78, 5) is 11.9. The van der Waals surface area contributed by atoms with Gasteiger partial charge in [0, 0.05) is 11.5 Å². The lowest BCUT2D eigenvalue weighted by Gasteiger charge is -2.19. The predicted octanol–water partition coefficient (Wildman–Crippen LogP) is 2.12. The van der Waals surface area contributed by atoms with Crippen molar-refractivity contribution in [3.05, 3.63) is 64.1 Å². The summed E-state index contributed by atoms with van der Waals surface area (Å²) in [6.45, 7) is 6.80. The fourth-order valence-corrected chi connectivity index (χ4v) is 2.12. The Bertz CT molecular complexity index is 675. The Labute approximate surface area is 136 Å². The number of benzene rings is 1. The van der Waals surface area contributed by atoms with Crippen molar-refractivity contribution in [2.24, 2.45) is 0 Å². The van der Waals surface area contributed by atoms with Gasteiger partial charge in [-0.05, 0) is 11.6 Å². The summed E-state index contributed by atoms with van der Waals surface area (Å²) in [6, 6.07) is 13.0. The normalized spacial score (nSPS) is 13.0. The summed E-state index contributed by atoms with van der Waals surface area (Å²) < 4.78 is 6.80. The largest absolute Gasteiger partial charge is 0.389 e. The van der Waals surface area contributed by atoms with Gasteiger partial charge in [-0.1, -0.05) is 51.1 Å². The number of rotatable bonds is 6. The highest BCUT2D eigenvalue weighted by molar-refractivity contribution is 5.13. The second-order valence-corrected chi connectivity index (χ2v) is 6.64. The van der Waals surface area contributed by atoms with Crippen molar-refractivity contribution >= 4 is 0 Å². The first kappa shape index (κ1) is 17.4. The molecule has 5 heteroatoms. The Morgan fingerprint density at radius 1 is 1.17 bits per heavy atom. The Balaban J connectivity index is 1.92. The van der Waals surface area contributed by atoms with Gasteiger partial charge in [0.05, 0.1) is 31.6 Å². The van der Waals surface area contributed by atoms with Crippen LogP contribution in [0.15, 0.2) is 47.3 Å². The predicted molar refractivity (Wildman–Crippen MR) is 89.3 cm³/mol. The molecule has 1 N–H and O–H groups in total. The van der Waals surface area contributed by atoms with Gasteiger partial charge in [-0.15, -0.1) is 0 Å². The molecule has 0 radical (unpaired) electrons. The first-order valence-electron chi connectivity index (χ1n) is 7.74. The Morgan fingerprint density at radius 3 is 2.52 bits per heavy atom. The first-order valence-corrected chi connectivity index (χ1v) is 7.74. The fraction of sp³-hybridized carbons (Fsp3) is 0.444. The number of nitrogens with zero attached hydrogens (tertiary/aromatic N) is 2. The van der Waals surface area contributed by atoms with Crippen LogP contribution in [0.5, 0.6) is 0 Å². The molecule has 0 aliphatic carbocycles. The molecule has 0 amide bonds. The van der Waals surface area contributed by atoms with Crippen molar-refractivity contribution in [3.63, 3.8) is 0 Å². The van der Waals surface area contributed by atoms with Gasteiger partial charge in [-0.2, -0.15) is 5.10 Å². The van der Waals surface area contributed by atoms with Crippen molar-refractivity contribution in [2.75, 3.05) is 6.61 Å². The van der Waals surface area contributed by atoms with Crippen LogP contribution >= 0.6 is 0 Å². The molecule has 2 rings (SSSR count). The van der Waals surface area contributed by atoms with Crippen LogP contribution in [-0.2, 0) is 23.3 Å². The average molecular weight is 316 g/mol. The molecule has 0 spiro atoms. The molecule has 1 aromatic heterocycles. The van der Waals surface area contributed by atoms with Gasteiger partial charge in [0.15, 0.2) is 0 Å². The minimum Gasteiger partial charge on any atom is -0.389 e. The standard InChI is InChI=1S/C18H24N2O3/c1-18(2,3)16-9-10-17(22)20(19-16)11-15(21)13-23-12-14-7-5-4-6-8-14/h4-10,15,21H,11-13H2,1-3H3/t15-/m1/s1. The van der Waals surface area contributed by atoms with Gasteiger partial charge in [-0.3, -0.25) is 4.79 Å². The van der Waals surface area contributed by atoms with E-state index in [1.165, 1.54) is 10.7 Å². The quantitative estimate of drug-likeness (QED) is 0.886. The fourth-order valence-electron chi connectivity index (χ4n) is 2.12. The van der Waals surface area contributed by atoms with Gasteiger partial charge < -0.3 is 9.84 Å². The molecule has 0 saturated carbocycles. The van der Waals surface area contributed by atoms with E-state index in [1.54, 1.807) is 6.07 Å². The van der Waals surface area contributed by atoms with E-state index in [1.807, 2.05) is 51.1 Å². The molecule has 0 bridgehead atoms. The minimum absolute atomic E-state index is 0.123. The topological polar surface area (TPSA) is 64.4 Å². The summed E-state index contributed by atoms with van der Waals surface area (Å²) in [7, 11) is 0. The van der Waals surface area contributed by atoms with Crippen LogP contribution in [0.25, 0.3) is 0 Å². The zero-order valence-corrected chi connectivity index (χ0v) is 13.9. The third-order valence-electron chi connectivity index (χ3n) is 3.44. The van der Waals surface area contributed by atoms with Gasteiger partial charge in [-0.25, -0.2) is 4.68 Å². The molecule has 0 aliphatic rings. The van der Waals surface area contributed by atoms with Crippen LogP contribution in [0, 0.1) is 0 Å². The van der Waals surface area contributed by atoms with Crippen LogP contribution in [0.1, 0.15) is 32.0 Å². The van der Waals surface area contributed by atoms with E-state index in [2.05, 4.69) is 5.10 Å². The second-order valence-electron chi connectivity index (χ2n) is 6.64. The molecule has 0 unspecified atom stereocenters. The highest BCUT2D eigenvalue weighted by Gasteiger charge is 2.17. The van der Waals surface area contributed by atoms with E-state index in [0.29, 0.717) is 6.61 Å². The maximum absolute atomic E-state index is 11.9. The molecule has 23 heavy (non-hydrogen) atoms. The maximum atomic E-state index is 11.9. The Hall–Kier alpha value is -1.98. The van der Waals surface area contributed by atoms with Gasteiger partial charge >= 0.3 is 0 Å². The number of aliphatic hydroxyl groups excluding tert-OH is 1. The summed E-state index contributed by atoms with van der Waals surface area (Å²) in [6.07, 6.45) is -0.779. The molecular weight excluding hydrogens is 292 g/mol. The number of hydrogen-bond acceptors (Lipinski definition) is 4. The van der Waals surface area contributed by atoms with Gasteiger partial charge in [0.2, 0.25) is 0 Å². The third kappa shape index (κ3) is 5.30. The summed E-state index contributed by atoms with van der Waals surface area (Å²) in [5.41, 5.74) is 1.49. The maximum Gasteiger partial charge on any atom is 0.266 e. The zero-order chi connectivity index (χ0) is 16.9.